The van der Waals surface area contributed by atoms with Gasteiger partial charge in [-0.3, -0.25) is 14.6 Å². The van der Waals surface area contributed by atoms with Gasteiger partial charge in [0.05, 0.1) is 23.9 Å². The highest BCUT2D eigenvalue weighted by Crippen LogP contribution is 2.31. The second-order valence-corrected chi connectivity index (χ2v) is 5.89. The molecule has 0 aliphatic carbocycles. The molecule has 3 aromatic rings. The smallest absolute Gasteiger partial charge is 0.245 e. The minimum absolute atomic E-state index is 0.00147. The van der Waals surface area contributed by atoms with Gasteiger partial charge in [0.2, 0.25) is 5.91 Å². The number of aromatic amines is 1. The summed E-state index contributed by atoms with van der Waals surface area (Å²) in [4.78, 5) is 18.9. The predicted molar refractivity (Wildman–Crippen MR) is 86.0 cm³/mol. The molecule has 124 valence electrons. The highest BCUT2D eigenvalue weighted by atomic mass is 16.5. The number of rotatable bonds is 4. The average molecular weight is 326 g/mol. The van der Waals surface area contributed by atoms with E-state index < -0.39 is 0 Å². The number of aromatic nitrogens is 5. The van der Waals surface area contributed by atoms with Crippen LogP contribution < -0.4 is 0 Å². The molecule has 1 saturated heterocycles. The number of ether oxygens (including phenoxy) is 1. The number of methoxy groups -OCH3 is 1. The molecule has 8 heteroatoms. The molecule has 1 fully saturated rings. The van der Waals surface area contributed by atoms with Gasteiger partial charge in [-0.05, 0) is 6.07 Å². The summed E-state index contributed by atoms with van der Waals surface area (Å²) in [6, 6.07) is 7.70. The first-order valence-corrected chi connectivity index (χ1v) is 7.84. The van der Waals surface area contributed by atoms with E-state index in [-0.39, 0.29) is 24.6 Å². The highest BCUT2D eigenvalue weighted by Gasteiger charge is 2.38. The van der Waals surface area contributed by atoms with Gasteiger partial charge < -0.3 is 9.64 Å². The van der Waals surface area contributed by atoms with E-state index in [1.54, 1.807) is 22.9 Å². The topological polar surface area (TPSA) is 88.9 Å². The van der Waals surface area contributed by atoms with Crippen molar-refractivity contribution >= 4 is 16.8 Å². The Morgan fingerprint density at radius 3 is 3.08 bits per heavy atom. The molecule has 8 nitrogen and oxygen atoms in total. The monoisotopic (exact) mass is 326 g/mol. The fourth-order valence-corrected chi connectivity index (χ4v) is 3.25. The van der Waals surface area contributed by atoms with Crippen molar-refractivity contribution in [3.63, 3.8) is 0 Å². The van der Waals surface area contributed by atoms with Crippen molar-refractivity contribution in [3.8, 4) is 0 Å². The van der Waals surface area contributed by atoms with Crippen molar-refractivity contribution in [2.75, 3.05) is 13.7 Å². The van der Waals surface area contributed by atoms with Gasteiger partial charge in [0.25, 0.3) is 0 Å². The second kappa shape index (κ2) is 6.04. The van der Waals surface area contributed by atoms with Crippen molar-refractivity contribution in [1.82, 2.24) is 29.9 Å². The molecule has 1 amide bonds. The van der Waals surface area contributed by atoms with Crippen LogP contribution in [0.15, 0.2) is 36.8 Å². The van der Waals surface area contributed by atoms with E-state index in [2.05, 4.69) is 20.3 Å². The number of nitrogens with one attached hydrogen (secondary N) is 1. The van der Waals surface area contributed by atoms with Crippen LogP contribution in [-0.2, 0) is 16.1 Å². The second-order valence-electron chi connectivity index (χ2n) is 5.89. The van der Waals surface area contributed by atoms with Crippen LogP contribution in [0.2, 0.25) is 0 Å². The van der Waals surface area contributed by atoms with Gasteiger partial charge in [0, 0.05) is 25.5 Å². The number of nitrogens with zero attached hydrogens (tertiary/aromatic N) is 5. The largest absolute Gasteiger partial charge is 0.380 e. The molecular weight excluding hydrogens is 308 g/mol. The first-order valence-electron chi connectivity index (χ1n) is 7.84. The molecule has 24 heavy (non-hydrogen) atoms. The molecule has 2 aromatic heterocycles. The number of hydrogen-bond acceptors (Lipinski definition) is 5. The Morgan fingerprint density at radius 2 is 2.29 bits per heavy atom. The molecule has 1 aromatic carbocycles. The van der Waals surface area contributed by atoms with E-state index in [0.29, 0.717) is 18.8 Å². The van der Waals surface area contributed by atoms with Gasteiger partial charge in [0.1, 0.15) is 18.7 Å². The molecule has 0 saturated carbocycles. The number of fused-ring (bicyclic) bond motifs is 1. The Balaban J connectivity index is 1.58. The minimum atomic E-state index is -0.147. The quantitative estimate of drug-likeness (QED) is 0.777. The number of para-hydroxylation sites is 1. The van der Waals surface area contributed by atoms with Crippen molar-refractivity contribution in [1.29, 1.82) is 0 Å². The summed E-state index contributed by atoms with van der Waals surface area (Å²) in [7, 11) is 1.66. The Bertz CT molecular complexity index is 843. The lowest BCUT2D eigenvalue weighted by atomic mass is 10.2. The van der Waals surface area contributed by atoms with Gasteiger partial charge in [-0.15, -0.1) is 0 Å². The molecule has 1 aliphatic heterocycles. The van der Waals surface area contributed by atoms with E-state index in [0.717, 1.165) is 10.9 Å². The third-order valence-electron chi connectivity index (χ3n) is 4.50. The van der Waals surface area contributed by atoms with E-state index in [1.807, 2.05) is 24.3 Å². The van der Waals surface area contributed by atoms with Crippen LogP contribution in [0.5, 0.6) is 0 Å². The van der Waals surface area contributed by atoms with Gasteiger partial charge in [-0.2, -0.15) is 10.2 Å². The third-order valence-corrected chi connectivity index (χ3v) is 4.50. The molecule has 1 N–H and O–H groups in total. The highest BCUT2D eigenvalue weighted by molar-refractivity contribution is 5.82. The fourth-order valence-electron chi connectivity index (χ4n) is 3.25. The van der Waals surface area contributed by atoms with Gasteiger partial charge >= 0.3 is 0 Å². The number of hydrogen-bond donors (Lipinski definition) is 1. The Morgan fingerprint density at radius 1 is 1.42 bits per heavy atom. The van der Waals surface area contributed by atoms with Crippen molar-refractivity contribution in [2.45, 2.75) is 25.1 Å². The number of carbonyl (C=O) groups excluding carboxylic acids is 1. The van der Waals surface area contributed by atoms with Crippen LogP contribution >= 0.6 is 0 Å². The summed E-state index contributed by atoms with van der Waals surface area (Å²) in [6.07, 6.45) is 3.94. The maximum Gasteiger partial charge on any atom is 0.245 e. The number of amides is 1. The molecular formula is C16H18N6O2. The SMILES string of the molecule is CO[C@@H]1C[C@@H](c2ncn[nH]2)N(C(=O)Cn2ncc3ccccc32)C1. The lowest BCUT2D eigenvalue weighted by Crippen LogP contribution is -2.35. The van der Waals surface area contributed by atoms with Gasteiger partial charge in [-0.25, -0.2) is 4.98 Å². The van der Waals surface area contributed by atoms with E-state index >= 15 is 0 Å². The summed E-state index contributed by atoms with van der Waals surface area (Å²) >= 11 is 0. The van der Waals surface area contributed by atoms with E-state index in [4.69, 9.17) is 4.74 Å². The molecule has 0 spiro atoms. The molecule has 0 radical (unpaired) electrons. The lowest BCUT2D eigenvalue weighted by molar-refractivity contribution is -0.133. The van der Waals surface area contributed by atoms with Gasteiger partial charge in [0.15, 0.2) is 0 Å². The van der Waals surface area contributed by atoms with Crippen LogP contribution in [0.1, 0.15) is 18.3 Å². The van der Waals surface area contributed by atoms with Crippen molar-refractivity contribution in [3.05, 3.63) is 42.6 Å². The van der Waals surface area contributed by atoms with Crippen LogP contribution in [0.3, 0.4) is 0 Å². The lowest BCUT2D eigenvalue weighted by Gasteiger charge is -2.22. The Kier molecular flexibility index (Phi) is 3.73. The van der Waals surface area contributed by atoms with Gasteiger partial charge in [-0.1, -0.05) is 18.2 Å². The third kappa shape index (κ3) is 2.54. The molecule has 1 aliphatic rings. The van der Waals surface area contributed by atoms with E-state index in [9.17, 15) is 4.79 Å². The number of carbonyl (C=O) groups is 1. The zero-order valence-corrected chi connectivity index (χ0v) is 13.3. The zero-order chi connectivity index (χ0) is 16.5. The Labute approximate surface area is 138 Å². The average Bonchev–Trinajstić information content (AvgIpc) is 3.34. The summed E-state index contributed by atoms with van der Waals surface area (Å²) in [5, 5.41) is 12.1. The molecule has 2 atom stereocenters. The maximum absolute atomic E-state index is 12.9. The number of benzene rings is 1. The Hall–Kier alpha value is -2.74. The summed E-state index contributed by atoms with van der Waals surface area (Å²) in [6.45, 7) is 0.731. The fraction of sp³-hybridized carbons (Fsp3) is 0.375. The van der Waals surface area contributed by atoms with Crippen LogP contribution in [-0.4, -0.2) is 55.5 Å². The van der Waals surface area contributed by atoms with Crippen molar-refractivity contribution < 1.29 is 9.53 Å². The number of likely N-dealkylation sites (tertiary alicyclic amines) is 1. The molecule has 0 bridgehead atoms. The molecule has 3 heterocycles. The molecule has 0 unspecified atom stereocenters. The summed E-state index contributed by atoms with van der Waals surface area (Å²) in [5.74, 6) is 0.679. The first kappa shape index (κ1) is 14.8. The first-order chi connectivity index (χ1) is 11.8. The van der Waals surface area contributed by atoms with E-state index in [1.165, 1.54) is 6.33 Å². The number of H-pyrrole nitrogens is 1. The zero-order valence-electron chi connectivity index (χ0n) is 13.3. The summed E-state index contributed by atoms with van der Waals surface area (Å²) in [5.41, 5.74) is 0.949. The normalized spacial score (nSPS) is 20.8. The van der Waals surface area contributed by atoms with Crippen molar-refractivity contribution in [2.24, 2.45) is 0 Å². The minimum Gasteiger partial charge on any atom is -0.380 e. The standard InChI is InChI=1S/C16H18N6O2/c1-24-12-6-14(16-17-10-18-20-16)21(8-12)15(23)9-22-13-5-3-2-4-11(13)7-19-22/h2-5,7,10,12,14H,6,8-9H2,1H3,(H,17,18,20)/t12-,14+/m1/s1. The molecule has 4 rings (SSSR count). The summed E-state index contributed by atoms with van der Waals surface area (Å²) < 4.78 is 7.18. The van der Waals surface area contributed by atoms with Crippen LogP contribution in [0.25, 0.3) is 10.9 Å². The van der Waals surface area contributed by atoms with Crippen LogP contribution in [0, 0.1) is 0 Å². The maximum atomic E-state index is 12.9. The van der Waals surface area contributed by atoms with Crippen LogP contribution in [0.4, 0.5) is 0 Å². The predicted octanol–water partition coefficient (Wildman–Crippen LogP) is 1.14.